The molecule has 1 amide bonds. The van der Waals surface area contributed by atoms with E-state index in [1.165, 1.54) is 18.2 Å². The topological polar surface area (TPSA) is 89.3 Å². The smallest absolute Gasteiger partial charge is 0.235 e. The number of nitrogens with one attached hydrogen (secondary N) is 1. The van der Waals surface area contributed by atoms with Gasteiger partial charge in [-0.2, -0.15) is 0 Å². The summed E-state index contributed by atoms with van der Waals surface area (Å²) in [5.74, 6) is -1.90. The van der Waals surface area contributed by atoms with Crippen LogP contribution in [-0.2, 0) is 26.8 Å². The van der Waals surface area contributed by atoms with Crippen molar-refractivity contribution in [2.75, 3.05) is 12.3 Å². The number of rotatable bonds is 8. The van der Waals surface area contributed by atoms with Crippen molar-refractivity contribution in [3.8, 4) is 11.5 Å². The summed E-state index contributed by atoms with van der Waals surface area (Å²) in [5.41, 5.74) is 2.52. The molecular formula is C22H23FN2O4S. The second kappa shape index (κ2) is 9.21. The number of aromatic nitrogens is 1. The number of nitrogens with zero attached hydrogens (tertiary/aromatic N) is 1. The molecule has 0 radical (unpaired) electrons. The molecule has 0 fully saturated rings. The Morgan fingerprint density at radius 1 is 1.10 bits per heavy atom. The molecule has 1 N–H and O–H groups in total. The molecule has 2 aromatic carbocycles. The van der Waals surface area contributed by atoms with Gasteiger partial charge in [-0.05, 0) is 38.0 Å². The Morgan fingerprint density at radius 3 is 2.50 bits per heavy atom. The van der Waals surface area contributed by atoms with Crippen molar-refractivity contribution in [1.29, 1.82) is 0 Å². The number of hydrogen-bond donors (Lipinski definition) is 1. The number of aryl methyl sites for hydroxylation is 2. The van der Waals surface area contributed by atoms with Crippen molar-refractivity contribution in [2.45, 2.75) is 26.0 Å². The van der Waals surface area contributed by atoms with Crippen molar-refractivity contribution < 1.29 is 22.0 Å². The van der Waals surface area contributed by atoms with Crippen LogP contribution in [0.25, 0.3) is 11.5 Å². The first-order valence-corrected chi connectivity index (χ1v) is 11.3. The van der Waals surface area contributed by atoms with E-state index in [-0.39, 0.29) is 22.9 Å². The lowest BCUT2D eigenvalue weighted by Crippen LogP contribution is -2.32. The van der Waals surface area contributed by atoms with Gasteiger partial charge in [-0.3, -0.25) is 4.79 Å². The van der Waals surface area contributed by atoms with Gasteiger partial charge in [0, 0.05) is 6.54 Å². The van der Waals surface area contributed by atoms with E-state index >= 15 is 0 Å². The molecule has 0 aliphatic heterocycles. The minimum atomic E-state index is -3.76. The Bertz CT molecular complexity index is 1140. The zero-order chi connectivity index (χ0) is 21.7. The molecule has 6 nitrogen and oxygen atoms in total. The third kappa shape index (κ3) is 5.76. The van der Waals surface area contributed by atoms with E-state index in [0.717, 1.165) is 11.1 Å². The SMILES string of the molecule is Cc1ccc(CCNC(=O)CS(=O)(=O)Cc2nc(-c3ccccc3F)oc2C)cc1. The van der Waals surface area contributed by atoms with Gasteiger partial charge in [-0.1, -0.05) is 42.0 Å². The number of carbonyl (C=O) groups excluding carboxylic acids is 1. The maximum Gasteiger partial charge on any atom is 0.235 e. The van der Waals surface area contributed by atoms with E-state index in [9.17, 15) is 17.6 Å². The zero-order valence-electron chi connectivity index (χ0n) is 16.8. The molecule has 0 saturated heterocycles. The lowest BCUT2D eigenvalue weighted by Gasteiger charge is -2.06. The third-order valence-electron chi connectivity index (χ3n) is 4.56. The fourth-order valence-corrected chi connectivity index (χ4v) is 4.21. The van der Waals surface area contributed by atoms with Gasteiger partial charge in [0.1, 0.15) is 17.3 Å². The molecule has 0 atom stereocenters. The average molecular weight is 431 g/mol. The number of halogens is 1. The number of carbonyl (C=O) groups is 1. The lowest BCUT2D eigenvalue weighted by atomic mass is 10.1. The lowest BCUT2D eigenvalue weighted by molar-refractivity contribution is -0.118. The van der Waals surface area contributed by atoms with Crippen molar-refractivity contribution in [3.63, 3.8) is 0 Å². The van der Waals surface area contributed by atoms with Gasteiger partial charge in [-0.15, -0.1) is 0 Å². The number of benzene rings is 2. The predicted molar refractivity (Wildman–Crippen MR) is 112 cm³/mol. The van der Waals surface area contributed by atoms with E-state index in [1.54, 1.807) is 13.0 Å². The Kier molecular flexibility index (Phi) is 6.66. The highest BCUT2D eigenvalue weighted by atomic mass is 32.2. The van der Waals surface area contributed by atoms with Crippen LogP contribution in [0.4, 0.5) is 4.39 Å². The number of amides is 1. The van der Waals surface area contributed by atoms with Gasteiger partial charge in [0.05, 0.1) is 17.0 Å². The summed E-state index contributed by atoms with van der Waals surface area (Å²) < 4.78 is 44.2. The maximum atomic E-state index is 13.9. The van der Waals surface area contributed by atoms with Gasteiger partial charge >= 0.3 is 0 Å². The first-order chi connectivity index (χ1) is 14.2. The Morgan fingerprint density at radius 2 is 1.80 bits per heavy atom. The van der Waals surface area contributed by atoms with Crippen LogP contribution in [0.3, 0.4) is 0 Å². The first kappa shape index (κ1) is 21.7. The van der Waals surface area contributed by atoms with E-state index in [2.05, 4.69) is 10.3 Å². The fourth-order valence-electron chi connectivity index (χ4n) is 2.92. The van der Waals surface area contributed by atoms with Crippen molar-refractivity contribution in [3.05, 3.63) is 76.9 Å². The van der Waals surface area contributed by atoms with Gasteiger partial charge in [-0.25, -0.2) is 17.8 Å². The van der Waals surface area contributed by atoms with Crippen LogP contribution in [0.15, 0.2) is 52.9 Å². The molecule has 158 valence electrons. The third-order valence-corrected chi connectivity index (χ3v) is 5.98. The van der Waals surface area contributed by atoms with Crippen LogP contribution in [0.1, 0.15) is 22.6 Å². The molecular weight excluding hydrogens is 407 g/mol. The molecule has 3 aromatic rings. The Labute approximate surface area is 175 Å². The molecule has 0 saturated carbocycles. The summed E-state index contributed by atoms with van der Waals surface area (Å²) in [6.07, 6.45) is 0.612. The summed E-state index contributed by atoms with van der Waals surface area (Å²) in [6.45, 7) is 3.90. The van der Waals surface area contributed by atoms with E-state index in [1.807, 2.05) is 31.2 Å². The largest absolute Gasteiger partial charge is 0.441 e. The monoisotopic (exact) mass is 430 g/mol. The summed E-state index contributed by atoms with van der Waals surface area (Å²) in [7, 11) is -3.76. The Hall–Kier alpha value is -3.00. The second-order valence-corrected chi connectivity index (χ2v) is 9.18. The molecule has 1 heterocycles. The van der Waals surface area contributed by atoms with Crippen molar-refractivity contribution in [1.82, 2.24) is 10.3 Å². The quantitative estimate of drug-likeness (QED) is 0.592. The number of hydrogen-bond acceptors (Lipinski definition) is 5. The summed E-state index contributed by atoms with van der Waals surface area (Å²) in [4.78, 5) is 16.2. The molecule has 0 unspecified atom stereocenters. The normalized spacial score (nSPS) is 11.4. The maximum absolute atomic E-state index is 13.9. The molecule has 0 spiro atoms. The fraction of sp³-hybridized carbons (Fsp3) is 0.273. The van der Waals surface area contributed by atoms with Gasteiger partial charge in [0.15, 0.2) is 9.84 Å². The summed E-state index contributed by atoms with van der Waals surface area (Å²) in [6, 6.07) is 13.9. The highest BCUT2D eigenvalue weighted by Crippen LogP contribution is 2.25. The average Bonchev–Trinajstić information content (AvgIpc) is 3.02. The van der Waals surface area contributed by atoms with E-state index in [4.69, 9.17) is 4.42 Å². The number of sulfone groups is 1. The van der Waals surface area contributed by atoms with Crippen LogP contribution >= 0.6 is 0 Å². The van der Waals surface area contributed by atoms with Gasteiger partial charge in [0.25, 0.3) is 0 Å². The minimum absolute atomic E-state index is 0.0124. The first-order valence-electron chi connectivity index (χ1n) is 9.47. The molecule has 30 heavy (non-hydrogen) atoms. The predicted octanol–water partition coefficient (Wildman–Crippen LogP) is 3.37. The van der Waals surface area contributed by atoms with E-state index < -0.39 is 33.1 Å². The van der Waals surface area contributed by atoms with Crippen LogP contribution in [0.5, 0.6) is 0 Å². The molecule has 0 aliphatic rings. The minimum Gasteiger partial charge on any atom is -0.441 e. The van der Waals surface area contributed by atoms with Crippen LogP contribution in [-0.4, -0.2) is 31.6 Å². The molecule has 0 aliphatic carbocycles. The molecule has 3 rings (SSSR count). The van der Waals surface area contributed by atoms with Crippen LogP contribution in [0, 0.1) is 19.7 Å². The summed E-state index contributed by atoms with van der Waals surface area (Å²) in [5, 5.41) is 2.63. The summed E-state index contributed by atoms with van der Waals surface area (Å²) >= 11 is 0. The van der Waals surface area contributed by atoms with E-state index in [0.29, 0.717) is 13.0 Å². The van der Waals surface area contributed by atoms with Crippen LogP contribution < -0.4 is 5.32 Å². The van der Waals surface area contributed by atoms with Gasteiger partial charge < -0.3 is 9.73 Å². The second-order valence-electron chi connectivity index (χ2n) is 7.12. The molecule has 8 heteroatoms. The zero-order valence-corrected chi connectivity index (χ0v) is 17.6. The molecule has 1 aromatic heterocycles. The van der Waals surface area contributed by atoms with Crippen molar-refractivity contribution >= 4 is 15.7 Å². The van der Waals surface area contributed by atoms with Crippen molar-refractivity contribution in [2.24, 2.45) is 0 Å². The molecule has 0 bridgehead atoms. The number of oxazole rings is 1. The van der Waals surface area contributed by atoms with Gasteiger partial charge in [0.2, 0.25) is 11.8 Å². The highest BCUT2D eigenvalue weighted by Gasteiger charge is 2.22. The Balaban J connectivity index is 1.57. The standard InChI is InChI=1S/C22H23FN2O4S/c1-15-7-9-17(10-8-15)11-12-24-21(26)14-30(27,28)13-20-16(2)29-22(25-20)18-5-3-4-6-19(18)23/h3-10H,11-14H2,1-2H3,(H,24,26). The highest BCUT2D eigenvalue weighted by molar-refractivity contribution is 7.91. The van der Waals surface area contributed by atoms with Crippen LogP contribution in [0.2, 0.25) is 0 Å².